The molecule has 0 spiro atoms. The van der Waals surface area contributed by atoms with Crippen molar-refractivity contribution >= 4 is 22.5 Å². The Labute approximate surface area is 175 Å². The van der Waals surface area contributed by atoms with Gasteiger partial charge in [0.25, 0.3) is 0 Å². The summed E-state index contributed by atoms with van der Waals surface area (Å²) in [4.78, 5) is 22.8. The van der Waals surface area contributed by atoms with E-state index < -0.39 is 0 Å². The zero-order chi connectivity index (χ0) is 20.3. The fourth-order valence-electron chi connectivity index (χ4n) is 3.82. The van der Waals surface area contributed by atoms with Gasteiger partial charge in [-0.05, 0) is 30.3 Å². The van der Waals surface area contributed by atoms with Crippen molar-refractivity contribution in [1.82, 2.24) is 19.9 Å². The first-order chi connectivity index (χ1) is 14.8. The quantitative estimate of drug-likeness (QED) is 0.522. The van der Waals surface area contributed by atoms with E-state index in [0.29, 0.717) is 0 Å². The molecular formula is C23H22N6O. The highest BCUT2D eigenvalue weighted by atomic mass is 16.5. The van der Waals surface area contributed by atoms with Crippen molar-refractivity contribution in [1.29, 1.82) is 0 Å². The number of methoxy groups -OCH3 is 1. The summed E-state index contributed by atoms with van der Waals surface area (Å²) in [5.41, 5.74) is 2.80. The van der Waals surface area contributed by atoms with Gasteiger partial charge in [0.05, 0.1) is 18.8 Å². The Hall–Kier alpha value is -3.74. The third-order valence-corrected chi connectivity index (χ3v) is 5.41. The number of aromatic nitrogens is 4. The lowest BCUT2D eigenvalue weighted by molar-refractivity contribution is 0.415. The van der Waals surface area contributed by atoms with Crippen LogP contribution < -0.4 is 14.5 Å². The van der Waals surface area contributed by atoms with E-state index in [4.69, 9.17) is 9.72 Å². The first kappa shape index (κ1) is 18.3. The van der Waals surface area contributed by atoms with Crippen LogP contribution in [0.25, 0.3) is 22.2 Å². The van der Waals surface area contributed by atoms with Gasteiger partial charge in [0.1, 0.15) is 17.3 Å². The topological polar surface area (TPSA) is 67.3 Å². The molecule has 0 radical (unpaired) electrons. The SMILES string of the molecule is COc1cccc(-c2nccnc2N2CCN(c3ccc4ccncc4n3)CC2)c1. The fraction of sp³-hybridized carbons (Fsp3) is 0.217. The third kappa shape index (κ3) is 3.50. The fourth-order valence-corrected chi connectivity index (χ4v) is 3.82. The normalized spacial score (nSPS) is 14.2. The lowest BCUT2D eigenvalue weighted by Gasteiger charge is -2.36. The highest BCUT2D eigenvalue weighted by molar-refractivity contribution is 5.79. The Bertz CT molecular complexity index is 1170. The monoisotopic (exact) mass is 398 g/mol. The lowest BCUT2D eigenvalue weighted by Crippen LogP contribution is -2.47. The molecule has 0 atom stereocenters. The Morgan fingerprint density at radius 2 is 1.70 bits per heavy atom. The summed E-state index contributed by atoms with van der Waals surface area (Å²) in [6.07, 6.45) is 7.10. The Morgan fingerprint density at radius 3 is 2.57 bits per heavy atom. The van der Waals surface area contributed by atoms with Crippen molar-refractivity contribution in [3.05, 3.63) is 67.3 Å². The van der Waals surface area contributed by atoms with Crippen molar-refractivity contribution in [3.63, 3.8) is 0 Å². The van der Waals surface area contributed by atoms with Gasteiger partial charge in [-0.15, -0.1) is 0 Å². The van der Waals surface area contributed by atoms with Crippen LogP contribution in [0.1, 0.15) is 0 Å². The molecule has 4 heterocycles. The summed E-state index contributed by atoms with van der Waals surface area (Å²) in [6, 6.07) is 14.1. The number of benzene rings is 1. The molecule has 1 fully saturated rings. The number of piperazine rings is 1. The molecule has 0 unspecified atom stereocenters. The maximum atomic E-state index is 5.38. The molecule has 30 heavy (non-hydrogen) atoms. The van der Waals surface area contributed by atoms with Crippen molar-refractivity contribution in [3.8, 4) is 17.0 Å². The lowest BCUT2D eigenvalue weighted by atomic mass is 10.1. The summed E-state index contributed by atoms with van der Waals surface area (Å²) < 4.78 is 5.38. The second-order valence-corrected chi connectivity index (χ2v) is 7.17. The van der Waals surface area contributed by atoms with Crippen LogP contribution in [0.3, 0.4) is 0 Å². The number of ether oxygens (including phenoxy) is 1. The molecule has 5 rings (SSSR count). The molecule has 0 bridgehead atoms. The van der Waals surface area contributed by atoms with Crippen LogP contribution in [-0.4, -0.2) is 53.2 Å². The minimum Gasteiger partial charge on any atom is -0.497 e. The van der Waals surface area contributed by atoms with Crippen LogP contribution in [0.2, 0.25) is 0 Å². The van der Waals surface area contributed by atoms with E-state index in [2.05, 4.69) is 36.9 Å². The highest BCUT2D eigenvalue weighted by Crippen LogP contribution is 2.30. The largest absolute Gasteiger partial charge is 0.497 e. The van der Waals surface area contributed by atoms with Gasteiger partial charge in [-0.3, -0.25) is 9.97 Å². The molecule has 1 aromatic carbocycles. The van der Waals surface area contributed by atoms with E-state index in [0.717, 1.165) is 65.7 Å². The number of nitrogens with zero attached hydrogens (tertiary/aromatic N) is 6. The van der Waals surface area contributed by atoms with E-state index in [-0.39, 0.29) is 0 Å². The van der Waals surface area contributed by atoms with Gasteiger partial charge in [0.15, 0.2) is 5.82 Å². The van der Waals surface area contributed by atoms with Crippen molar-refractivity contribution < 1.29 is 4.74 Å². The summed E-state index contributed by atoms with van der Waals surface area (Å²) in [5.74, 6) is 2.70. The van der Waals surface area contributed by atoms with Crippen LogP contribution in [0, 0.1) is 0 Å². The van der Waals surface area contributed by atoms with Gasteiger partial charge in [-0.2, -0.15) is 0 Å². The summed E-state index contributed by atoms with van der Waals surface area (Å²) in [6.45, 7) is 3.44. The van der Waals surface area contributed by atoms with Gasteiger partial charge in [-0.25, -0.2) is 9.97 Å². The average molecular weight is 398 g/mol. The molecule has 7 nitrogen and oxygen atoms in total. The van der Waals surface area contributed by atoms with Gasteiger partial charge in [-0.1, -0.05) is 12.1 Å². The molecule has 4 aromatic rings. The Morgan fingerprint density at radius 1 is 0.867 bits per heavy atom. The molecule has 3 aromatic heterocycles. The van der Waals surface area contributed by atoms with Crippen molar-refractivity contribution in [2.24, 2.45) is 0 Å². The first-order valence-corrected chi connectivity index (χ1v) is 9.98. The summed E-state index contributed by atoms with van der Waals surface area (Å²) in [7, 11) is 1.67. The number of anilines is 2. The molecule has 7 heteroatoms. The molecule has 0 aliphatic carbocycles. The van der Waals surface area contributed by atoms with Crippen LogP contribution >= 0.6 is 0 Å². The maximum absolute atomic E-state index is 5.38. The second kappa shape index (κ2) is 7.94. The summed E-state index contributed by atoms with van der Waals surface area (Å²) >= 11 is 0. The average Bonchev–Trinajstić information content (AvgIpc) is 2.84. The number of fused-ring (bicyclic) bond motifs is 1. The number of pyridine rings is 2. The van der Waals surface area contributed by atoms with Crippen molar-refractivity contribution in [2.45, 2.75) is 0 Å². The Kier molecular flexibility index (Phi) is 4.85. The smallest absolute Gasteiger partial charge is 0.155 e. The maximum Gasteiger partial charge on any atom is 0.155 e. The van der Waals surface area contributed by atoms with Crippen LogP contribution in [0.4, 0.5) is 11.6 Å². The predicted octanol–water partition coefficient (Wildman–Crippen LogP) is 3.42. The number of hydrogen-bond acceptors (Lipinski definition) is 7. The van der Waals surface area contributed by atoms with E-state index in [1.807, 2.05) is 36.5 Å². The van der Waals surface area contributed by atoms with E-state index in [9.17, 15) is 0 Å². The van der Waals surface area contributed by atoms with E-state index in [1.165, 1.54) is 0 Å². The predicted molar refractivity (Wildman–Crippen MR) is 118 cm³/mol. The molecule has 1 saturated heterocycles. The molecule has 1 aliphatic rings. The Balaban J connectivity index is 1.36. The number of hydrogen-bond donors (Lipinski definition) is 0. The van der Waals surface area contributed by atoms with Crippen molar-refractivity contribution in [2.75, 3.05) is 43.1 Å². The zero-order valence-corrected chi connectivity index (χ0v) is 16.8. The van der Waals surface area contributed by atoms with Crippen LogP contribution in [0.5, 0.6) is 5.75 Å². The first-order valence-electron chi connectivity index (χ1n) is 9.98. The molecule has 150 valence electrons. The molecule has 0 N–H and O–H groups in total. The minimum atomic E-state index is 0.811. The molecule has 0 amide bonds. The zero-order valence-electron chi connectivity index (χ0n) is 16.8. The van der Waals surface area contributed by atoms with Gasteiger partial charge in [0.2, 0.25) is 0 Å². The highest BCUT2D eigenvalue weighted by Gasteiger charge is 2.22. The second-order valence-electron chi connectivity index (χ2n) is 7.17. The summed E-state index contributed by atoms with van der Waals surface area (Å²) in [5, 5.41) is 1.11. The van der Waals surface area contributed by atoms with Crippen LogP contribution in [0.15, 0.2) is 67.3 Å². The minimum absolute atomic E-state index is 0.811. The van der Waals surface area contributed by atoms with E-state index in [1.54, 1.807) is 25.7 Å². The van der Waals surface area contributed by atoms with Gasteiger partial charge >= 0.3 is 0 Å². The molecular weight excluding hydrogens is 376 g/mol. The number of rotatable bonds is 4. The van der Waals surface area contributed by atoms with Gasteiger partial charge < -0.3 is 14.5 Å². The standard InChI is InChI=1S/C23H22N6O/c1-30-19-4-2-3-18(15-19)22-23(26-10-9-25-22)29-13-11-28(12-14-29)21-6-5-17-7-8-24-16-20(17)27-21/h2-10,15-16H,11-14H2,1H3. The molecule has 0 saturated carbocycles. The van der Waals surface area contributed by atoms with E-state index >= 15 is 0 Å². The van der Waals surface area contributed by atoms with Gasteiger partial charge in [0, 0.05) is 55.7 Å². The van der Waals surface area contributed by atoms with Crippen LogP contribution in [-0.2, 0) is 0 Å². The third-order valence-electron chi connectivity index (χ3n) is 5.41. The molecule has 1 aliphatic heterocycles.